The van der Waals surface area contributed by atoms with Gasteiger partial charge in [-0.25, -0.2) is 0 Å². The van der Waals surface area contributed by atoms with Crippen LogP contribution in [-0.2, 0) is 12.8 Å². The van der Waals surface area contributed by atoms with Crippen LogP contribution in [0.5, 0.6) is 0 Å². The summed E-state index contributed by atoms with van der Waals surface area (Å²) in [6.07, 6.45) is 5.02. The topological polar surface area (TPSA) is 39.2 Å². The first kappa shape index (κ1) is 10.2. The molecule has 15 heavy (non-hydrogen) atoms. The van der Waals surface area contributed by atoms with Gasteiger partial charge in [0.2, 0.25) is 0 Å². The molecule has 2 aromatic rings. The van der Waals surface area contributed by atoms with Crippen LogP contribution in [0.1, 0.15) is 24.5 Å². The summed E-state index contributed by atoms with van der Waals surface area (Å²) in [6.45, 7) is 2.87. The standard InChI is InChI=1S/C13H17NO/c1-2-3-10-4-5-13-12(8-10)11(6-7-14)9-15-13/h4-5,8-9H,2-3,6-7,14H2,1H3. The lowest BCUT2D eigenvalue weighted by molar-refractivity contribution is 0.610. The molecule has 0 unspecified atom stereocenters. The summed E-state index contributed by atoms with van der Waals surface area (Å²) in [5, 5.41) is 1.23. The van der Waals surface area contributed by atoms with Crippen LogP contribution in [0.2, 0.25) is 0 Å². The molecule has 1 aromatic carbocycles. The normalized spacial score (nSPS) is 11.1. The number of hydrogen-bond acceptors (Lipinski definition) is 2. The molecule has 2 N–H and O–H groups in total. The second kappa shape index (κ2) is 4.49. The van der Waals surface area contributed by atoms with Crippen molar-refractivity contribution in [3.63, 3.8) is 0 Å². The van der Waals surface area contributed by atoms with Crippen molar-refractivity contribution < 1.29 is 4.42 Å². The van der Waals surface area contributed by atoms with Crippen LogP contribution in [0.3, 0.4) is 0 Å². The first-order valence-corrected chi connectivity index (χ1v) is 5.54. The molecule has 0 aliphatic heterocycles. The maximum atomic E-state index is 5.57. The molecule has 0 saturated heterocycles. The van der Waals surface area contributed by atoms with E-state index in [-0.39, 0.29) is 0 Å². The molecule has 0 fully saturated rings. The summed E-state index contributed by atoms with van der Waals surface area (Å²) in [7, 11) is 0. The third-order valence-electron chi connectivity index (χ3n) is 2.67. The average Bonchev–Trinajstić information content (AvgIpc) is 2.63. The van der Waals surface area contributed by atoms with Gasteiger partial charge in [0.1, 0.15) is 5.58 Å². The van der Waals surface area contributed by atoms with Crippen molar-refractivity contribution in [1.29, 1.82) is 0 Å². The van der Waals surface area contributed by atoms with Gasteiger partial charge in [-0.05, 0) is 42.6 Å². The molecule has 0 radical (unpaired) electrons. The van der Waals surface area contributed by atoms with Crippen molar-refractivity contribution in [3.05, 3.63) is 35.6 Å². The SMILES string of the molecule is CCCc1ccc2occ(CCN)c2c1. The van der Waals surface area contributed by atoms with Crippen LogP contribution in [0.25, 0.3) is 11.0 Å². The van der Waals surface area contributed by atoms with E-state index in [1.165, 1.54) is 22.9 Å². The van der Waals surface area contributed by atoms with Gasteiger partial charge in [0.05, 0.1) is 6.26 Å². The van der Waals surface area contributed by atoms with Crippen molar-refractivity contribution in [3.8, 4) is 0 Å². The lowest BCUT2D eigenvalue weighted by atomic mass is 10.0. The highest BCUT2D eigenvalue weighted by molar-refractivity contribution is 5.81. The van der Waals surface area contributed by atoms with Crippen LogP contribution in [0.15, 0.2) is 28.9 Å². The fraction of sp³-hybridized carbons (Fsp3) is 0.385. The fourth-order valence-electron chi connectivity index (χ4n) is 1.92. The summed E-state index contributed by atoms with van der Waals surface area (Å²) in [4.78, 5) is 0. The van der Waals surface area contributed by atoms with Gasteiger partial charge in [0.25, 0.3) is 0 Å². The Labute approximate surface area is 90.1 Å². The minimum Gasteiger partial charge on any atom is -0.464 e. The number of benzene rings is 1. The molecule has 0 atom stereocenters. The number of furan rings is 1. The van der Waals surface area contributed by atoms with Gasteiger partial charge < -0.3 is 10.2 Å². The third-order valence-corrected chi connectivity index (χ3v) is 2.67. The molecule has 0 aliphatic rings. The van der Waals surface area contributed by atoms with E-state index in [1.54, 1.807) is 0 Å². The van der Waals surface area contributed by atoms with Gasteiger partial charge in [0, 0.05) is 5.39 Å². The second-order valence-electron chi connectivity index (χ2n) is 3.88. The number of fused-ring (bicyclic) bond motifs is 1. The zero-order valence-corrected chi connectivity index (χ0v) is 9.12. The molecule has 0 bridgehead atoms. The minimum atomic E-state index is 0.673. The molecule has 0 amide bonds. The van der Waals surface area contributed by atoms with Gasteiger partial charge in [0.15, 0.2) is 0 Å². The van der Waals surface area contributed by atoms with E-state index in [4.69, 9.17) is 10.2 Å². The van der Waals surface area contributed by atoms with E-state index >= 15 is 0 Å². The Morgan fingerprint density at radius 1 is 1.27 bits per heavy atom. The smallest absolute Gasteiger partial charge is 0.134 e. The molecule has 2 nitrogen and oxygen atoms in total. The van der Waals surface area contributed by atoms with Crippen LogP contribution in [-0.4, -0.2) is 6.54 Å². The van der Waals surface area contributed by atoms with Crippen molar-refractivity contribution in [1.82, 2.24) is 0 Å². The molecule has 80 valence electrons. The zero-order chi connectivity index (χ0) is 10.7. The predicted molar refractivity (Wildman–Crippen MR) is 63.0 cm³/mol. The maximum absolute atomic E-state index is 5.57. The Balaban J connectivity index is 2.42. The molecule has 0 aliphatic carbocycles. The number of nitrogens with two attached hydrogens (primary N) is 1. The molecule has 1 heterocycles. The first-order chi connectivity index (χ1) is 7.35. The highest BCUT2D eigenvalue weighted by atomic mass is 16.3. The maximum Gasteiger partial charge on any atom is 0.134 e. The van der Waals surface area contributed by atoms with E-state index in [0.29, 0.717) is 6.54 Å². The number of rotatable bonds is 4. The van der Waals surface area contributed by atoms with Crippen LogP contribution >= 0.6 is 0 Å². The van der Waals surface area contributed by atoms with Gasteiger partial charge in [-0.1, -0.05) is 19.4 Å². The Morgan fingerprint density at radius 2 is 2.13 bits per heavy atom. The molecule has 0 saturated carbocycles. The highest BCUT2D eigenvalue weighted by Gasteiger charge is 2.05. The minimum absolute atomic E-state index is 0.673. The summed E-state index contributed by atoms with van der Waals surface area (Å²) < 4.78 is 5.48. The van der Waals surface area contributed by atoms with E-state index in [2.05, 4.69) is 25.1 Å². The van der Waals surface area contributed by atoms with Crippen molar-refractivity contribution in [2.45, 2.75) is 26.2 Å². The Hall–Kier alpha value is -1.28. The van der Waals surface area contributed by atoms with E-state index < -0.39 is 0 Å². The Morgan fingerprint density at radius 3 is 2.87 bits per heavy atom. The van der Waals surface area contributed by atoms with E-state index in [0.717, 1.165) is 18.4 Å². The molecule has 2 rings (SSSR count). The Kier molecular flexibility index (Phi) is 3.07. The Bertz CT molecular complexity index is 445. The molecular formula is C13H17NO. The predicted octanol–water partition coefficient (Wildman–Crippen LogP) is 2.89. The number of hydrogen-bond donors (Lipinski definition) is 1. The number of aryl methyl sites for hydroxylation is 1. The largest absolute Gasteiger partial charge is 0.464 e. The van der Waals surface area contributed by atoms with Crippen molar-refractivity contribution >= 4 is 11.0 Å². The van der Waals surface area contributed by atoms with Crippen LogP contribution in [0.4, 0.5) is 0 Å². The average molecular weight is 203 g/mol. The second-order valence-corrected chi connectivity index (χ2v) is 3.88. The third kappa shape index (κ3) is 2.05. The summed E-state index contributed by atoms with van der Waals surface area (Å²) in [5.74, 6) is 0. The van der Waals surface area contributed by atoms with Crippen molar-refractivity contribution in [2.24, 2.45) is 5.73 Å². The molecule has 0 spiro atoms. The monoisotopic (exact) mass is 203 g/mol. The van der Waals surface area contributed by atoms with E-state index in [1.807, 2.05) is 6.26 Å². The quantitative estimate of drug-likeness (QED) is 0.829. The zero-order valence-electron chi connectivity index (χ0n) is 9.12. The van der Waals surface area contributed by atoms with Gasteiger partial charge in [-0.3, -0.25) is 0 Å². The van der Waals surface area contributed by atoms with Crippen LogP contribution in [0, 0.1) is 0 Å². The molecular weight excluding hydrogens is 186 g/mol. The van der Waals surface area contributed by atoms with Gasteiger partial charge in [-0.15, -0.1) is 0 Å². The molecule has 1 aromatic heterocycles. The van der Waals surface area contributed by atoms with Gasteiger partial charge in [-0.2, -0.15) is 0 Å². The van der Waals surface area contributed by atoms with Gasteiger partial charge >= 0.3 is 0 Å². The summed E-state index contributed by atoms with van der Waals surface area (Å²) in [6, 6.07) is 6.43. The summed E-state index contributed by atoms with van der Waals surface area (Å²) in [5.41, 5.74) is 9.14. The van der Waals surface area contributed by atoms with Crippen LogP contribution < -0.4 is 5.73 Å². The summed E-state index contributed by atoms with van der Waals surface area (Å²) >= 11 is 0. The lowest BCUT2D eigenvalue weighted by Crippen LogP contribution is -2.01. The fourth-order valence-corrected chi connectivity index (χ4v) is 1.92. The first-order valence-electron chi connectivity index (χ1n) is 5.54. The highest BCUT2D eigenvalue weighted by Crippen LogP contribution is 2.23. The molecule has 2 heteroatoms. The lowest BCUT2D eigenvalue weighted by Gasteiger charge is -1.99. The van der Waals surface area contributed by atoms with Crippen molar-refractivity contribution in [2.75, 3.05) is 6.54 Å². The van der Waals surface area contributed by atoms with E-state index in [9.17, 15) is 0 Å².